The summed E-state index contributed by atoms with van der Waals surface area (Å²) in [6.45, 7) is 1.77. The number of sulfone groups is 1. The Morgan fingerprint density at radius 1 is 1.50 bits per heavy atom. The van der Waals surface area contributed by atoms with Gasteiger partial charge in [0.05, 0.1) is 17.2 Å². The molecule has 0 amide bonds. The van der Waals surface area contributed by atoms with Crippen LogP contribution in [0.25, 0.3) is 0 Å². The zero-order valence-corrected chi connectivity index (χ0v) is 12.3. The summed E-state index contributed by atoms with van der Waals surface area (Å²) in [6.07, 6.45) is 2.51. The van der Waals surface area contributed by atoms with Gasteiger partial charge in [0.1, 0.15) is 9.97 Å². The van der Waals surface area contributed by atoms with Crippen molar-refractivity contribution in [2.75, 3.05) is 11.6 Å². The van der Waals surface area contributed by atoms with Crippen molar-refractivity contribution in [3.63, 3.8) is 0 Å². The highest BCUT2D eigenvalue weighted by Crippen LogP contribution is 2.38. The largest absolute Gasteiger partial charge is 0.467 e. The first-order chi connectivity index (χ1) is 9.29. The monoisotopic (exact) mass is 316 g/mol. The van der Waals surface area contributed by atoms with Crippen LogP contribution in [0.2, 0.25) is 0 Å². The van der Waals surface area contributed by atoms with E-state index in [1.807, 2.05) is 0 Å². The molecule has 0 radical (unpaired) electrons. The summed E-state index contributed by atoms with van der Waals surface area (Å²) >= 11 is 0.838. The number of nitrogens with one attached hydrogen (secondary N) is 1. The number of hydrogen-bond donors (Lipinski definition) is 1. The van der Waals surface area contributed by atoms with Crippen molar-refractivity contribution < 1.29 is 17.8 Å². The maximum absolute atomic E-state index is 11.5. The van der Waals surface area contributed by atoms with Gasteiger partial charge < -0.3 is 9.73 Å². The van der Waals surface area contributed by atoms with Gasteiger partial charge >= 0.3 is 5.69 Å². The van der Waals surface area contributed by atoms with Crippen molar-refractivity contribution >= 4 is 31.9 Å². The number of furan rings is 1. The van der Waals surface area contributed by atoms with Gasteiger partial charge in [-0.2, -0.15) is 0 Å². The van der Waals surface area contributed by atoms with E-state index in [0.29, 0.717) is 5.76 Å². The van der Waals surface area contributed by atoms with Crippen LogP contribution in [-0.4, -0.2) is 19.6 Å². The van der Waals surface area contributed by atoms with Gasteiger partial charge in [-0.25, -0.2) is 8.42 Å². The zero-order chi connectivity index (χ0) is 14.9. The fourth-order valence-electron chi connectivity index (χ4n) is 1.59. The van der Waals surface area contributed by atoms with Crippen molar-refractivity contribution in [2.45, 2.75) is 17.2 Å². The SMILES string of the molecule is CC(Nc1sc(S(C)(=O)=O)cc1[N+](=O)[O-])c1ccco1. The number of nitrogens with zero attached hydrogens (tertiary/aromatic N) is 1. The lowest BCUT2D eigenvalue weighted by atomic mass is 10.2. The van der Waals surface area contributed by atoms with E-state index < -0.39 is 14.8 Å². The van der Waals surface area contributed by atoms with Crippen molar-refractivity contribution in [3.05, 3.63) is 40.3 Å². The molecule has 1 unspecified atom stereocenters. The van der Waals surface area contributed by atoms with E-state index in [1.165, 1.54) is 6.26 Å². The average Bonchev–Trinajstić information content (AvgIpc) is 2.96. The predicted molar refractivity (Wildman–Crippen MR) is 74.8 cm³/mol. The fourth-order valence-corrected chi connectivity index (χ4v) is 3.61. The van der Waals surface area contributed by atoms with E-state index >= 15 is 0 Å². The number of anilines is 1. The molecule has 9 heteroatoms. The molecule has 0 bridgehead atoms. The van der Waals surface area contributed by atoms with Gasteiger partial charge in [0.15, 0.2) is 14.8 Å². The lowest BCUT2D eigenvalue weighted by Gasteiger charge is -2.10. The van der Waals surface area contributed by atoms with Crippen molar-refractivity contribution in [2.24, 2.45) is 0 Å². The number of hydrogen-bond acceptors (Lipinski definition) is 7. The summed E-state index contributed by atoms with van der Waals surface area (Å²) < 4.78 is 28.1. The molecular weight excluding hydrogens is 304 g/mol. The number of thiophene rings is 1. The second-order valence-corrected chi connectivity index (χ2v) is 7.49. The molecule has 2 aromatic rings. The molecule has 0 saturated heterocycles. The Morgan fingerprint density at radius 2 is 2.20 bits per heavy atom. The molecule has 1 atom stereocenters. The Hall–Kier alpha value is -1.87. The van der Waals surface area contributed by atoms with E-state index in [9.17, 15) is 18.5 Å². The van der Waals surface area contributed by atoms with Crippen LogP contribution in [-0.2, 0) is 9.84 Å². The highest BCUT2D eigenvalue weighted by atomic mass is 32.2. The highest BCUT2D eigenvalue weighted by Gasteiger charge is 2.25. The summed E-state index contributed by atoms with van der Waals surface area (Å²) in [6, 6.07) is 4.19. The Labute approximate surface area is 119 Å². The lowest BCUT2D eigenvalue weighted by Crippen LogP contribution is -2.05. The molecule has 1 N–H and O–H groups in total. The lowest BCUT2D eigenvalue weighted by molar-refractivity contribution is -0.383. The summed E-state index contributed by atoms with van der Waals surface area (Å²) in [5.74, 6) is 0.605. The van der Waals surface area contributed by atoms with Gasteiger partial charge in [0.25, 0.3) is 0 Å². The van der Waals surface area contributed by atoms with Gasteiger partial charge in [-0.3, -0.25) is 10.1 Å². The molecule has 108 valence electrons. The van der Waals surface area contributed by atoms with Crippen LogP contribution in [0.3, 0.4) is 0 Å². The number of rotatable bonds is 5. The van der Waals surface area contributed by atoms with E-state index in [-0.39, 0.29) is 20.9 Å². The second-order valence-electron chi connectivity index (χ2n) is 4.19. The molecule has 2 aromatic heterocycles. The Kier molecular flexibility index (Phi) is 3.82. The van der Waals surface area contributed by atoms with Crippen LogP contribution in [0.15, 0.2) is 33.1 Å². The molecule has 0 aliphatic heterocycles. The second kappa shape index (κ2) is 5.25. The van der Waals surface area contributed by atoms with Gasteiger partial charge in [-0.05, 0) is 19.1 Å². The molecule has 0 aromatic carbocycles. The minimum Gasteiger partial charge on any atom is -0.467 e. The fraction of sp³-hybridized carbons (Fsp3) is 0.273. The molecule has 2 rings (SSSR count). The van der Waals surface area contributed by atoms with Crippen molar-refractivity contribution in [1.82, 2.24) is 0 Å². The van der Waals surface area contributed by atoms with E-state index in [0.717, 1.165) is 23.7 Å². The first-order valence-electron chi connectivity index (χ1n) is 5.57. The van der Waals surface area contributed by atoms with Gasteiger partial charge in [-0.15, -0.1) is 0 Å². The van der Waals surface area contributed by atoms with Gasteiger partial charge in [0.2, 0.25) is 0 Å². The summed E-state index contributed by atoms with van der Waals surface area (Å²) in [5.41, 5.74) is -0.256. The Bertz CT molecular complexity index is 718. The topological polar surface area (TPSA) is 102 Å². The van der Waals surface area contributed by atoms with Crippen LogP contribution in [0.1, 0.15) is 18.7 Å². The number of nitro groups is 1. The minimum absolute atomic E-state index is 0.0432. The summed E-state index contributed by atoms with van der Waals surface area (Å²) in [7, 11) is -3.48. The summed E-state index contributed by atoms with van der Waals surface area (Å²) in [5, 5.41) is 14.1. The van der Waals surface area contributed by atoms with Crippen LogP contribution in [0, 0.1) is 10.1 Å². The average molecular weight is 316 g/mol. The Morgan fingerprint density at radius 3 is 2.70 bits per heavy atom. The van der Waals surface area contributed by atoms with Gasteiger partial charge in [-0.1, -0.05) is 11.3 Å². The first-order valence-corrected chi connectivity index (χ1v) is 8.28. The minimum atomic E-state index is -3.48. The quantitative estimate of drug-likeness (QED) is 0.672. The van der Waals surface area contributed by atoms with E-state index in [1.54, 1.807) is 19.1 Å². The summed E-state index contributed by atoms with van der Waals surface area (Å²) in [4.78, 5) is 10.4. The molecule has 0 saturated carbocycles. The van der Waals surface area contributed by atoms with Crippen molar-refractivity contribution in [3.8, 4) is 0 Å². The van der Waals surface area contributed by atoms with Crippen LogP contribution < -0.4 is 5.32 Å². The highest BCUT2D eigenvalue weighted by molar-refractivity contribution is 7.92. The first kappa shape index (κ1) is 14.5. The molecule has 2 heterocycles. The van der Waals surface area contributed by atoms with Crippen LogP contribution in [0.5, 0.6) is 0 Å². The molecule has 7 nitrogen and oxygen atoms in total. The Balaban J connectivity index is 2.35. The maximum atomic E-state index is 11.5. The predicted octanol–water partition coefficient (Wildman–Crippen LogP) is 2.83. The molecule has 0 aliphatic rings. The molecular formula is C11H12N2O5S2. The van der Waals surface area contributed by atoms with Crippen LogP contribution >= 0.6 is 11.3 Å². The normalized spacial score (nSPS) is 13.1. The zero-order valence-electron chi connectivity index (χ0n) is 10.7. The molecule has 0 aliphatic carbocycles. The van der Waals surface area contributed by atoms with E-state index in [4.69, 9.17) is 4.42 Å². The maximum Gasteiger partial charge on any atom is 0.304 e. The van der Waals surface area contributed by atoms with Crippen LogP contribution in [0.4, 0.5) is 10.7 Å². The van der Waals surface area contributed by atoms with Crippen molar-refractivity contribution in [1.29, 1.82) is 0 Å². The molecule has 0 fully saturated rings. The third kappa shape index (κ3) is 2.99. The smallest absolute Gasteiger partial charge is 0.304 e. The molecule has 0 spiro atoms. The third-order valence-corrected chi connectivity index (χ3v) is 5.43. The third-order valence-electron chi connectivity index (χ3n) is 2.57. The molecule has 20 heavy (non-hydrogen) atoms. The van der Waals surface area contributed by atoms with Gasteiger partial charge in [0, 0.05) is 12.3 Å². The van der Waals surface area contributed by atoms with E-state index in [2.05, 4.69) is 5.32 Å². The standard InChI is InChI=1S/C11H12N2O5S2/c1-7(9-4-3-5-18-9)12-11-8(13(14)15)6-10(19-11)20(2,16)17/h3-7,12H,1-2H3.